The predicted octanol–water partition coefficient (Wildman–Crippen LogP) is 3.26. The molecule has 0 unspecified atom stereocenters. The van der Waals surface area contributed by atoms with Crippen molar-refractivity contribution in [1.29, 1.82) is 0 Å². The molecule has 0 bridgehead atoms. The van der Waals surface area contributed by atoms with Crippen LogP contribution in [0.15, 0.2) is 16.5 Å². The van der Waals surface area contributed by atoms with E-state index in [9.17, 15) is 0 Å². The molecule has 1 saturated carbocycles. The highest BCUT2D eigenvalue weighted by Gasteiger charge is 2.27. The topological polar surface area (TPSA) is 25.2 Å². The molecule has 1 aromatic rings. The Balaban J connectivity index is 1.75. The lowest BCUT2D eigenvalue weighted by molar-refractivity contribution is 0.308. The van der Waals surface area contributed by atoms with E-state index in [0.29, 0.717) is 5.41 Å². The van der Waals surface area contributed by atoms with Gasteiger partial charge < -0.3 is 9.73 Å². The van der Waals surface area contributed by atoms with Gasteiger partial charge in [-0.1, -0.05) is 19.8 Å². The SMILES string of the molecule is Cc1ccc(CNCC2(C)CCCC2)o1. The third kappa shape index (κ3) is 2.85. The van der Waals surface area contributed by atoms with Gasteiger partial charge in [0, 0.05) is 6.54 Å². The second-order valence-electron chi connectivity index (χ2n) is 5.13. The summed E-state index contributed by atoms with van der Waals surface area (Å²) in [7, 11) is 0. The summed E-state index contributed by atoms with van der Waals surface area (Å²) in [5.74, 6) is 2.05. The number of hydrogen-bond donors (Lipinski definition) is 1. The molecular formula is C13H21NO. The lowest BCUT2D eigenvalue weighted by Gasteiger charge is -2.23. The summed E-state index contributed by atoms with van der Waals surface area (Å²) in [6.45, 7) is 6.36. The molecule has 84 valence electrons. The summed E-state index contributed by atoms with van der Waals surface area (Å²) in [4.78, 5) is 0. The van der Waals surface area contributed by atoms with E-state index in [2.05, 4.69) is 18.3 Å². The fourth-order valence-electron chi connectivity index (χ4n) is 2.47. The van der Waals surface area contributed by atoms with Crippen molar-refractivity contribution in [2.75, 3.05) is 6.54 Å². The van der Waals surface area contributed by atoms with Crippen LogP contribution in [0.1, 0.15) is 44.1 Å². The molecule has 0 radical (unpaired) electrons. The van der Waals surface area contributed by atoms with Crippen LogP contribution in [-0.2, 0) is 6.54 Å². The highest BCUT2D eigenvalue weighted by atomic mass is 16.3. The second kappa shape index (κ2) is 4.40. The molecule has 2 heteroatoms. The number of aryl methyl sites for hydroxylation is 1. The minimum Gasteiger partial charge on any atom is -0.465 e. The normalized spacial score (nSPS) is 19.6. The molecule has 0 amide bonds. The Bertz CT molecular complexity index is 310. The van der Waals surface area contributed by atoms with E-state index in [1.807, 2.05) is 13.0 Å². The van der Waals surface area contributed by atoms with Gasteiger partial charge in [-0.15, -0.1) is 0 Å². The van der Waals surface area contributed by atoms with E-state index in [1.54, 1.807) is 0 Å². The van der Waals surface area contributed by atoms with Crippen molar-refractivity contribution in [2.24, 2.45) is 5.41 Å². The van der Waals surface area contributed by atoms with E-state index < -0.39 is 0 Å². The predicted molar refractivity (Wildman–Crippen MR) is 61.7 cm³/mol. The third-order valence-corrected chi connectivity index (χ3v) is 3.46. The first kappa shape index (κ1) is 10.7. The maximum Gasteiger partial charge on any atom is 0.117 e. The number of rotatable bonds is 4. The Morgan fingerprint density at radius 3 is 2.67 bits per heavy atom. The summed E-state index contributed by atoms with van der Waals surface area (Å²) in [6.07, 6.45) is 5.55. The van der Waals surface area contributed by atoms with Gasteiger partial charge in [-0.25, -0.2) is 0 Å². The van der Waals surface area contributed by atoms with Crippen LogP contribution in [0, 0.1) is 12.3 Å². The van der Waals surface area contributed by atoms with Gasteiger partial charge in [-0.2, -0.15) is 0 Å². The van der Waals surface area contributed by atoms with Crippen molar-refractivity contribution in [1.82, 2.24) is 5.32 Å². The molecule has 2 nitrogen and oxygen atoms in total. The van der Waals surface area contributed by atoms with E-state index in [-0.39, 0.29) is 0 Å². The molecule has 15 heavy (non-hydrogen) atoms. The molecule has 1 heterocycles. The van der Waals surface area contributed by atoms with Gasteiger partial charge in [0.2, 0.25) is 0 Å². The Hall–Kier alpha value is -0.760. The number of hydrogen-bond acceptors (Lipinski definition) is 2. The Labute approximate surface area is 92.1 Å². The van der Waals surface area contributed by atoms with Gasteiger partial charge >= 0.3 is 0 Å². The summed E-state index contributed by atoms with van der Waals surface area (Å²) in [6, 6.07) is 4.08. The van der Waals surface area contributed by atoms with Crippen LogP contribution in [0.4, 0.5) is 0 Å². The maximum absolute atomic E-state index is 5.52. The molecule has 1 aliphatic carbocycles. The van der Waals surface area contributed by atoms with Crippen LogP contribution in [0.5, 0.6) is 0 Å². The Morgan fingerprint density at radius 1 is 1.33 bits per heavy atom. The minimum absolute atomic E-state index is 0.529. The zero-order chi connectivity index (χ0) is 10.7. The quantitative estimate of drug-likeness (QED) is 0.819. The van der Waals surface area contributed by atoms with Crippen molar-refractivity contribution in [2.45, 2.75) is 46.1 Å². The molecule has 0 aliphatic heterocycles. The highest BCUT2D eigenvalue weighted by molar-refractivity contribution is 5.05. The van der Waals surface area contributed by atoms with Crippen LogP contribution in [0.3, 0.4) is 0 Å². The average molecular weight is 207 g/mol. The van der Waals surface area contributed by atoms with Gasteiger partial charge in [0.25, 0.3) is 0 Å². The molecule has 0 atom stereocenters. The monoisotopic (exact) mass is 207 g/mol. The molecular weight excluding hydrogens is 186 g/mol. The van der Waals surface area contributed by atoms with E-state index in [1.165, 1.54) is 25.7 Å². The van der Waals surface area contributed by atoms with Crippen LogP contribution in [0.2, 0.25) is 0 Å². The van der Waals surface area contributed by atoms with Gasteiger partial charge in [-0.05, 0) is 37.3 Å². The van der Waals surface area contributed by atoms with E-state index in [4.69, 9.17) is 4.42 Å². The highest BCUT2D eigenvalue weighted by Crippen LogP contribution is 2.36. The van der Waals surface area contributed by atoms with Crippen LogP contribution < -0.4 is 5.32 Å². The van der Waals surface area contributed by atoms with Crippen LogP contribution in [-0.4, -0.2) is 6.54 Å². The first-order valence-corrected chi connectivity index (χ1v) is 5.94. The minimum atomic E-state index is 0.529. The largest absolute Gasteiger partial charge is 0.465 e. The smallest absolute Gasteiger partial charge is 0.117 e. The molecule has 1 fully saturated rings. The number of nitrogens with one attached hydrogen (secondary N) is 1. The van der Waals surface area contributed by atoms with Gasteiger partial charge in [0.05, 0.1) is 6.54 Å². The van der Waals surface area contributed by atoms with E-state index >= 15 is 0 Å². The number of furan rings is 1. The fourth-order valence-corrected chi connectivity index (χ4v) is 2.47. The first-order valence-electron chi connectivity index (χ1n) is 5.94. The van der Waals surface area contributed by atoms with Crippen molar-refractivity contribution in [3.8, 4) is 0 Å². The molecule has 1 aliphatic rings. The third-order valence-electron chi connectivity index (χ3n) is 3.46. The van der Waals surface area contributed by atoms with Crippen molar-refractivity contribution >= 4 is 0 Å². The Kier molecular flexibility index (Phi) is 3.15. The first-order chi connectivity index (χ1) is 7.18. The van der Waals surface area contributed by atoms with Gasteiger partial charge in [0.1, 0.15) is 11.5 Å². The molecule has 2 rings (SSSR count). The fraction of sp³-hybridized carbons (Fsp3) is 0.692. The molecule has 0 aromatic carbocycles. The van der Waals surface area contributed by atoms with Crippen molar-refractivity contribution < 1.29 is 4.42 Å². The lowest BCUT2D eigenvalue weighted by atomic mass is 9.89. The summed E-state index contributed by atoms with van der Waals surface area (Å²) in [5, 5.41) is 3.50. The Morgan fingerprint density at radius 2 is 2.07 bits per heavy atom. The zero-order valence-electron chi connectivity index (χ0n) is 9.81. The van der Waals surface area contributed by atoms with Gasteiger partial charge in [0.15, 0.2) is 0 Å². The van der Waals surface area contributed by atoms with E-state index in [0.717, 1.165) is 24.6 Å². The average Bonchev–Trinajstić information content (AvgIpc) is 2.76. The molecule has 0 saturated heterocycles. The second-order valence-corrected chi connectivity index (χ2v) is 5.13. The van der Waals surface area contributed by atoms with Crippen molar-refractivity contribution in [3.63, 3.8) is 0 Å². The van der Waals surface area contributed by atoms with Crippen molar-refractivity contribution in [3.05, 3.63) is 23.7 Å². The van der Waals surface area contributed by atoms with Crippen LogP contribution >= 0.6 is 0 Å². The molecule has 0 spiro atoms. The summed E-state index contributed by atoms with van der Waals surface area (Å²) < 4.78 is 5.52. The maximum atomic E-state index is 5.52. The summed E-state index contributed by atoms with van der Waals surface area (Å²) >= 11 is 0. The van der Waals surface area contributed by atoms with Gasteiger partial charge in [-0.3, -0.25) is 0 Å². The molecule has 1 aromatic heterocycles. The van der Waals surface area contributed by atoms with Crippen LogP contribution in [0.25, 0.3) is 0 Å². The lowest BCUT2D eigenvalue weighted by Crippen LogP contribution is -2.28. The molecule has 1 N–H and O–H groups in total. The zero-order valence-corrected chi connectivity index (χ0v) is 9.81. The standard InChI is InChI=1S/C13H21NO/c1-11-5-6-12(15-11)9-14-10-13(2)7-3-4-8-13/h5-6,14H,3-4,7-10H2,1-2H3. The summed E-state index contributed by atoms with van der Waals surface area (Å²) in [5.41, 5.74) is 0.529.